The fourth-order valence-corrected chi connectivity index (χ4v) is 2.52. The maximum atomic E-state index is 12.0. The van der Waals surface area contributed by atoms with Gasteiger partial charge in [-0.1, -0.05) is 12.2 Å². The zero-order chi connectivity index (χ0) is 14.7. The number of aromatic nitrogens is 1. The topological polar surface area (TPSA) is 75.1 Å². The summed E-state index contributed by atoms with van der Waals surface area (Å²) in [5.74, 6) is 1.42. The lowest BCUT2D eigenvalue weighted by Gasteiger charge is -2.28. The molecule has 0 aromatic carbocycles. The fraction of sp³-hybridized carbons (Fsp3) is 0.214. The maximum Gasteiger partial charge on any atom is 0.336 e. The number of nitrogens with one attached hydrogen (secondary N) is 2. The molecule has 1 unspecified atom stereocenters. The van der Waals surface area contributed by atoms with E-state index in [1.807, 2.05) is 0 Å². The van der Waals surface area contributed by atoms with Crippen LogP contribution in [-0.4, -0.2) is 28.9 Å². The Labute approximate surface area is 121 Å². The number of esters is 1. The van der Waals surface area contributed by atoms with E-state index in [0.717, 1.165) is 5.56 Å². The average molecular weight is 287 g/mol. The highest BCUT2D eigenvalue weighted by atomic mass is 32.1. The van der Waals surface area contributed by atoms with Crippen LogP contribution in [-0.2, 0) is 9.53 Å². The van der Waals surface area contributed by atoms with E-state index < -0.39 is 11.9 Å². The summed E-state index contributed by atoms with van der Waals surface area (Å²) in [5.41, 5.74) is 2.32. The van der Waals surface area contributed by atoms with Gasteiger partial charge in [-0.05, 0) is 30.5 Å². The molecule has 0 spiro atoms. The summed E-state index contributed by atoms with van der Waals surface area (Å²) in [6.45, 7) is 1.76. The van der Waals surface area contributed by atoms with E-state index in [2.05, 4.69) is 16.2 Å². The molecule has 6 heteroatoms. The molecule has 2 heterocycles. The monoisotopic (exact) mass is 287 g/mol. The molecular formula is C14H13N3O2S. The van der Waals surface area contributed by atoms with Gasteiger partial charge in [-0.2, -0.15) is 0 Å². The first-order chi connectivity index (χ1) is 9.60. The molecule has 1 aromatic heterocycles. The molecule has 0 saturated carbocycles. The van der Waals surface area contributed by atoms with Crippen molar-refractivity contribution in [2.75, 3.05) is 7.11 Å². The third-order valence-electron chi connectivity index (χ3n) is 3.11. The largest absolute Gasteiger partial charge is 0.466 e. The van der Waals surface area contributed by atoms with Gasteiger partial charge >= 0.3 is 5.97 Å². The molecule has 0 bridgehead atoms. The number of carbonyl (C=O) groups excluding carboxylic acids is 1. The molecule has 1 aromatic rings. The second kappa shape index (κ2) is 5.77. The number of ether oxygens (including phenoxy) is 1. The van der Waals surface area contributed by atoms with Gasteiger partial charge < -0.3 is 10.1 Å². The molecule has 1 atom stereocenters. The van der Waals surface area contributed by atoms with Crippen LogP contribution >= 0.6 is 12.2 Å². The van der Waals surface area contributed by atoms with Crippen LogP contribution in [0.25, 0.3) is 0 Å². The first-order valence-electron chi connectivity index (χ1n) is 5.90. The van der Waals surface area contributed by atoms with Crippen LogP contribution in [0.3, 0.4) is 0 Å². The summed E-state index contributed by atoms with van der Waals surface area (Å²) < 4.78 is 4.84. The van der Waals surface area contributed by atoms with Crippen molar-refractivity contribution in [3.8, 4) is 0 Å². The van der Waals surface area contributed by atoms with Gasteiger partial charge in [0.25, 0.3) is 0 Å². The van der Waals surface area contributed by atoms with Crippen molar-refractivity contribution in [3.05, 3.63) is 46.9 Å². The van der Waals surface area contributed by atoms with E-state index in [1.54, 1.807) is 31.5 Å². The van der Waals surface area contributed by atoms with Gasteiger partial charge in [0.1, 0.15) is 4.99 Å². The van der Waals surface area contributed by atoms with E-state index in [1.165, 1.54) is 7.11 Å². The number of nitrogens with zero attached hydrogens (tertiary/aromatic N) is 1. The molecule has 1 aliphatic rings. The third kappa shape index (κ3) is 2.39. The number of allylic oxidation sites excluding steroid dienone is 1. The van der Waals surface area contributed by atoms with Crippen molar-refractivity contribution in [2.45, 2.75) is 12.8 Å². The zero-order valence-electron chi connectivity index (χ0n) is 11.1. The molecule has 0 radical (unpaired) electrons. The van der Waals surface area contributed by atoms with Gasteiger partial charge in [0.15, 0.2) is 0 Å². The third-order valence-corrected chi connectivity index (χ3v) is 3.43. The number of carbonyl (C=O) groups is 1. The molecule has 5 nitrogen and oxygen atoms in total. The highest BCUT2D eigenvalue weighted by molar-refractivity contribution is 7.80. The van der Waals surface area contributed by atoms with E-state index in [-0.39, 0.29) is 0 Å². The van der Waals surface area contributed by atoms with Crippen molar-refractivity contribution < 1.29 is 9.53 Å². The molecule has 1 aliphatic heterocycles. The molecule has 20 heavy (non-hydrogen) atoms. The Bertz CT molecular complexity index is 646. The van der Waals surface area contributed by atoms with Crippen molar-refractivity contribution in [3.63, 3.8) is 0 Å². The van der Waals surface area contributed by atoms with E-state index in [9.17, 15) is 4.79 Å². The minimum atomic E-state index is -0.461. The predicted octanol–water partition coefficient (Wildman–Crippen LogP) is 1.72. The number of thiocarbonyl (C=S) groups is 1. The van der Waals surface area contributed by atoms with Crippen molar-refractivity contribution in [1.29, 1.82) is 5.41 Å². The van der Waals surface area contributed by atoms with Gasteiger partial charge in [-0.25, -0.2) is 4.79 Å². The van der Waals surface area contributed by atoms with E-state index >= 15 is 0 Å². The summed E-state index contributed by atoms with van der Waals surface area (Å²) in [7, 11) is 1.33. The van der Waals surface area contributed by atoms with Crippen molar-refractivity contribution in [2.24, 2.45) is 0 Å². The molecule has 2 rings (SSSR count). The standard InChI is InChI=1S/C14H13N3O2S/c1-8-11(14(18)19-2)12(9-3-5-16-6-4-9)10(7-15)13(20)17-8/h3-6,12,15H,1-2H3,(H,17,20). The molecule has 0 aliphatic carbocycles. The Morgan fingerprint density at radius 1 is 1.50 bits per heavy atom. The lowest BCUT2D eigenvalue weighted by Crippen LogP contribution is -2.35. The van der Waals surface area contributed by atoms with E-state index in [4.69, 9.17) is 22.4 Å². The molecule has 2 N–H and O–H groups in total. The van der Waals surface area contributed by atoms with Gasteiger partial charge in [0, 0.05) is 18.1 Å². The summed E-state index contributed by atoms with van der Waals surface area (Å²) in [6, 6.07) is 3.57. The molecule has 0 fully saturated rings. The predicted molar refractivity (Wildman–Crippen MR) is 78.7 cm³/mol. The van der Waals surface area contributed by atoms with Crippen LogP contribution in [0.2, 0.25) is 0 Å². The number of pyridine rings is 1. The molecule has 0 saturated heterocycles. The van der Waals surface area contributed by atoms with Crippen LogP contribution in [0, 0.1) is 5.41 Å². The normalized spacial score (nSPS) is 18.4. The van der Waals surface area contributed by atoms with Gasteiger partial charge in [-0.3, -0.25) is 10.4 Å². The lowest BCUT2D eigenvalue weighted by molar-refractivity contribution is -0.136. The first-order valence-corrected chi connectivity index (χ1v) is 6.31. The SMILES string of the molecule is COC(=O)C1=C(C)NC(=S)C(=C=N)C1c1ccncc1. The van der Waals surface area contributed by atoms with Crippen LogP contribution in [0.4, 0.5) is 0 Å². The highest BCUT2D eigenvalue weighted by Crippen LogP contribution is 2.36. The zero-order valence-corrected chi connectivity index (χ0v) is 11.9. The Morgan fingerprint density at radius 3 is 2.70 bits per heavy atom. The highest BCUT2D eigenvalue weighted by Gasteiger charge is 2.35. The molecule has 102 valence electrons. The summed E-state index contributed by atoms with van der Waals surface area (Å²) in [5, 5.41) is 10.4. The van der Waals surface area contributed by atoms with E-state index in [0.29, 0.717) is 21.8 Å². The summed E-state index contributed by atoms with van der Waals surface area (Å²) in [4.78, 5) is 16.4. The second-order valence-corrected chi connectivity index (χ2v) is 4.64. The second-order valence-electron chi connectivity index (χ2n) is 4.24. The molecular weight excluding hydrogens is 274 g/mol. The van der Waals surface area contributed by atoms with Gasteiger partial charge in [0.05, 0.1) is 24.2 Å². The summed E-state index contributed by atoms with van der Waals surface area (Å²) in [6.07, 6.45) is 3.26. The van der Waals surface area contributed by atoms with Crippen LogP contribution < -0.4 is 5.32 Å². The van der Waals surface area contributed by atoms with Gasteiger partial charge in [0.2, 0.25) is 0 Å². The van der Waals surface area contributed by atoms with Crippen LogP contribution in [0.1, 0.15) is 18.4 Å². The lowest BCUT2D eigenvalue weighted by atomic mass is 9.82. The Kier molecular flexibility index (Phi) is 4.08. The van der Waals surface area contributed by atoms with Gasteiger partial charge in [-0.15, -0.1) is 0 Å². The number of hydrogen-bond donors (Lipinski definition) is 2. The Balaban J connectivity index is 2.67. The van der Waals surface area contributed by atoms with Crippen molar-refractivity contribution in [1.82, 2.24) is 10.3 Å². The Morgan fingerprint density at radius 2 is 2.15 bits per heavy atom. The summed E-state index contributed by atoms with van der Waals surface area (Å²) >= 11 is 5.22. The quantitative estimate of drug-likeness (QED) is 0.375. The fourth-order valence-electron chi connectivity index (χ4n) is 2.20. The number of methoxy groups -OCH3 is 1. The molecule has 0 amide bonds. The Hall–Kier alpha value is -2.30. The minimum absolute atomic E-state index is 0.395. The van der Waals surface area contributed by atoms with Crippen LogP contribution in [0.5, 0.6) is 0 Å². The minimum Gasteiger partial charge on any atom is -0.466 e. The van der Waals surface area contributed by atoms with Crippen molar-refractivity contribution >= 4 is 29.0 Å². The van der Waals surface area contributed by atoms with Crippen LogP contribution in [0.15, 0.2) is 41.4 Å². The number of rotatable bonds is 2. The smallest absolute Gasteiger partial charge is 0.336 e. The first kappa shape index (κ1) is 14.1. The number of hydrogen-bond acceptors (Lipinski definition) is 5. The average Bonchev–Trinajstić information content (AvgIpc) is 2.46. The maximum absolute atomic E-state index is 12.0.